The lowest BCUT2D eigenvalue weighted by Gasteiger charge is -2.32. The number of hydrogen-bond donors (Lipinski definition) is 0. The molecule has 0 aliphatic rings. The van der Waals surface area contributed by atoms with E-state index in [0.29, 0.717) is 26.4 Å². The molecule has 0 saturated heterocycles. The Hall–Kier alpha value is 0.0569. The molecule has 14 heavy (non-hydrogen) atoms. The maximum absolute atomic E-state index is 5.58. The van der Waals surface area contributed by atoms with Crippen molar-refractivity contribution in [3.05, 3.63) is 0 Å². The molecule has 0 heterocycles. The Morgan fingerprint density at radius 1 is 1.00 bits per heavy atom. The van der Waals surface area contributed by atoms with Crippen LogP contribution in [-0.4, -0.2) is 42.2 Å². The smallest absolute Gasteiger partial charge is 0.297 e. The van der Waals surface area contributed by atoms with Gasteiger partial charge >= 0.3 is 0 Å². The molecule has 5 heteroatoms. The van der Waals surface area contributed by atoms with Gasteiger partial charge in [-0.25, -0.2) is 0 Å². The van der Waals surface area contributed by atoms with Gasteiger partial charge in [-0.2, -0.15) is 0 Å². The molecule has 0 atom stereocenters. The summed E-state index contributed by atoms with van der Waals surface area (Å²) in [5.41, 5.74) is 0. The summed E-state index contributed by atoms with van der Waals surface area (Å²) in [7, 11) is -0.589. The average molecular weight is 222 g/mol. The highest BCUT2D eigenvalue weighted by molar-refractivity contribution is 6.24. The molecule has 86 valence electrons. The predicted molar refractivity (Wildman–Crippen MR) is 58.0 cm³/mol. The van der Waals surface area contributed by atoms with E-state index in [0.717, 1.165) is 0 Å². The summed E-state index contributed by atoms with van der Waals surface area (Å²) in [5, 5.41) is 0. The minimum Gasteiger partial charge on any atom is -0.375 e. The van der Waals surface area contributed by atoms with Gasteiger partial charge in [0.1, 0.15) is 6.61 Å². The van der Waals surface area contributed by atoms with Crippen LogP contribution in [0.2, 0.25) is 6.55 Å². The standard InChI is InChI=1S/C9H22O4Si/c1-5-10-8-9(11-6-2,12-7-3)13-14-4/h5-8,14H2,1-4H3. The van der Waals surface area contributed by atoms with E-state index < -0.39 is 15.7 Å². The lowest BCUT2D eigenvalue weighted by atomic mass is 10.5. The van der Waals surface area contributed by atoms with Gasteiger partial charge in [-0.05, 0) is 20.8 Å². The van der Waals surface area contributed by atoms with Gasteiger partial charge in [-0.1, -0.05) is 6.55 Å². The molecule has 4 nitrogen and oxygen atoms in total. The van der Waals surface area contributed by atoms with Crippen LogP contribution in [0.3, 0.4) is 0 Å². The van der Waals surface area contributed by atoms with Gasteiger partial charge < -0.3 is 18.6 Å². The second-order valence-corrected chi connectivity index (χ2v) is 3.49. The first-order chi connectivity index (χ1) is 6.74. The number of rotatable bonds is 9. The molecular weight excluding hydrogens is 200 g/mol. The molecule has 0 rings (SSSR count). The molecule has 0 N–H and O–H groups in total. The van der Waals surface area contributed by atoms with Gasteiger partial charge in [0.2, 0.25) is 0 Å². The third-order valence-electron chi connectivity index (χ3n) is 1.58. The highest BCUT2D eigenvalue weighted by Crippen LogP contribution is 2.15. The van der Waals surface area contributed by atoms with E-state index in [1.807, 2.05) is 27.3 Å². The lowest BCUT2D eigenvalue weighted by Crippen LogP contribution is -2.44. The van der Waals surface area contributed by atoms with Crippen molar-refractivity contribution < 1.29 is 18.6 Å². The van der Waals surface area contributed by atoms with Crippen LogP contribution in [0.15, 0.2) is 0 Å². The minimum absolute atomic E-state index is 0.339. The van der Waals surface area contributed by atoms with E-state index in [1.165, 1.54) is 0 Å². The van der Waals surface area contributed by atoms with E-state index in [-0.39, 0.29) is 0 Å². The predicted octanol–water partition coefficient (Wildman–Crippen LogP) is 0.898. The fourth-order valence-electron chi connectivity index (χ4n) is 1.14. The Balaban J connectivity index is 4.21. The van der Waals surface area contributed by atoms with E-state index in [9.17, 15) is 0 Å². The van der Waals surface area contributed by atoms with Crippen LogP contribution in [-0.2, 0) is 18.6 Å². The van der Waals surface area contributed by atoms with Crippen LogP contribution in [0, 0.1) is 0 Å². The Kier molecular flexibility index (Phi) is 8.41. The molecule has 0 aromatic carbocycles. The molecule has 0 aliphatic heterocycles. The maximum Gasteiger partial charge on any atom is 0.297 e. The first-order valence-electron chi connectivity index (χ1n) is 5.24. The van der Waals surface area contributed by atoms with Crippen molar-refractivity contribution in [1.29, 1.82) is 0 Å². The highest BCUT2D eigenvalue weighted by atomic mass is 28.2. The summed E-state index contributed by atoms with van der Waals surface area (Å²) < 4.78 is 21.8. The fourth-order valence-corrected chi connectivity index (χ4v) is 1.83. The summed E-state index contributed by atoms with van der Waals surface area (Å²) >= 11 is 0. The van der Waals surface area contributed by atoms with Crippen molar-refractivity contribution in [3.8, 4) is 0 Å². The Bertz CT molecular complexity index is 115. The SMILES string of the molecule is CCOCC(OCC)(OCC)O[SiH2]C. The quantitative estimate of drug-likeness (QED) is 0.429. The van der Waals surface area contributed by atoms with Gasteiger partial charge in [0.15, 0.2) is 9.76 Å². The Morgan fingerprint density at radius 2 is 1.57 bits per heavy atom. The molecule has 0 bridgehead atoms. The van der Waals surface area contributed by atoms with Gasteiger partial charge in [0.05, 0.1) is 0 Å². The van der Waals surface area contributed by atoms with Crippen molar-refractivity contribution in [2.45, 2.75) is 33.3 Å². The van der Waals surface area contributed by atoms with E-state index in [4.69, 9.17) is 18.6 Å². The molecule has 0 spiro atoms. The van der Waals surface area contributed by atoms with Crippen LogP contribution < -0.4 is 0 Å². The van der Waals surface area contributed by atoms with E-state index in [2.05, 4.69) is 0 Å². The summed E-state index contributed by atoms with van der Waals surface area (Å²) in [6.07, 6.45) is 0. The average Bonchev–Trinajstić information content (AvgIpc) is 2.16. The van der Waals surface area contributed by atoms with Crippen molar-refractivity contribution in [2.24, 2.45) is 0 Å². The summed E-state index contributed by atoms with van der Waals surface area (Å²) in [6, 6.07) is 0. The Labute approximate surface area is 88.8 Å². The molecular formula is C9H22O4Si. The second-order valence-electron chi connectivity index (χ2n) is 2.62. The fraction of sp³-hybridized carbons (Fsp3) is 1.00. The molecule has 0 amide bonds. The van der Waals surface area contributed by atoms with Gasteiger partial charge in [-0.3, -0.25) is 0 Å². The van der Waals surface area contributed by atoms with Gasteiger partial charge in [-0.15, -0.1) is 0 Å². The zero-order chi connectivity index (χ0) is 10.9. The Morgan fingerprint density at radius 3 is 1.93 bits per heavy atom. The second kappa shape index (κ2) is 8.37. The van der Waals surface area contributed by atoms with E-state index >= 15 is 0 Å². The molecule has 0 aromatic heterocycles. The van der Waals surface area contributed by atoms with Crippen LogP contribution in [0.25, 0.3) is 0 Å². The maximum atomic E-state index is 5.58. The number of hydrogen-bond acceptors (Lipinski definition) is 4. The minimum atomic E-state index is -0.958. The van der Waals surface area contributed by atoms with Crippen molar-refractivity contribution in [1.82, 2.24) is 0 Å². The first-order valence-corrected chi connectivity index (χ1v) is 7.23. The molecule has 0 saturated carbocycles. The molecule has 0 aliphatic carbocycles. The third kappa shape index (κ3) is 5.07. The van der Waals surface area contributed by atoms with E-state index in [1.54, 1.807) is 0 Å². The van der Waals surface area contributed by atoms with Gasteiger partial charge in [0, 0.05) is 19.8 Å². The van der Waals surface area contributed by atoms with Crippen molar-refractivity contribution in [2.75, 3.05) is 26.4 Å². The van der Waals surface area contributed by atoms with Crippen molar-refractivity contribution >= 4 is 9.76 Å². The molecule has 0 fully saturated rings. The van der Waals surface area contributed by atoms with Crippen LogP contribution in [0.1, 0.15) is 20.8 Å². The summed E-state index contributed by atoms with van der Waals surface area (Å²) in [5.74, 6) is -0.958. The largest absolute Gasteiger partial charge is 0.375 e. The number of ether oxygens (including phenoxy) is 3. The highest BCUT2D eigenvalue weighted by Gasteiger charge is 2.32. The first kappa shape index (κ1) is 14.1. The molecule has 0 radical (unpaired) electrons. The molecule has 0 aromatic rings. The lowest BCUT2D eigenvalue weighted by molar-refractivity contribution is -0.358. The third-order valence-corrected chi connectivity index (χ3v) is 2.30. The van der Waals surface area contributed by atoms with Crippen LogP contribution in [0.5, 0.6) is 0 Å². The van der Waals surface area contributed by atoms with Crippen molar-refractivity contribution in [3.63, 3.8) is 0 Å². The molecule has 0 unspecified atom stereocenters. The zero-order valence-electron chi connectivity index (χ0n) is 9.67. The van der Waals surface area contributed by atoms with Gasteiger partial charge in [0.25, 0.3) is 5.97 Å². The zero-order valence-corrected chi connectivity index (χ0v) is 11.1. The van der Waals surface area contributed by atoms with Crippen LogP contribution in [0.4, 0.5) is 0 Å². The normalized spacial score (nSPS) is 12.9. The summed E-state index contributed by atoms with van der Waals surface area (Å²) in [4.78, 5) is 0. The monoisotopic (exact) mass is 222 g/mol. The summed E-state index contributed by atoms with van der Waals surface area (Å²) in [6.45, 7) is 9.90. The van der Waals surface area contributed by atoms with Crippen LogP contribution >= 0.6 is 0 Å². The topological polar surface area (TPSA) is 36.9 Å².